The average Bonchev–Trinajstić information content (AvgIpc) is 2.37. The SMILES string of the molecule is CCOc1ccccc1NC(=O)N[C@H](C(=O)O)C(C)(C)C. The molecule has 0 aliphatic rings. The molecular weight excluding hydrogens is 272 g/mol. The second kappa shape index (κ2) is 6.97. The molecule has 0 aliphatic carbocycles. The Hall–Kier alpha value is -2.24. The van der Waals surface area contributed by atoms with Gasteiger partial charge in [0.2, 0.25) is 0 Å². The summed E-state index contributed by atoms with van der Waals surface area (Å²) in [5.74, 6) is -0.534. The lowest BCUT2D eigenvalue weighted by atomic mass is 9.87. The molecule has 0 aromatic heterocycles. The fourth-order valence-electron chi connectivity index (χ4n) is 1.79. The van der Waals surface area contributed by atoms with E-state index in [1.807, 2.05) is 6.92 Å². The Kier molecular flexibility index (Phi) is 5.58. The summed E-state index contributed by atoms with van der Waals surface area (Å²) < 4.78 is 5.40. The predicted octanol–water partition coefficient (Wildman–Crippen LogP) is 2.71. The number of carbonyl (C=O) groups excluding carboxylic acids is 1. The number of carbonyl (C=O) groups is 2. The zero-order valence-electron chi connectivity index (χ0n) is 12.8. The third kappa shape index (κ3) is 4.98. The summed E-state index contributed by atoms with van der Waals surface area (Å²) in [4.78, 5) is 23.2. The number of anilines is 1. The van der Waals surface area contributed by atoms with Gasteiger partial charge in [0.05, 0.1) is 12.3 Å². The van der Waals surface area contributed by atoms with Crippen LogP contribution in [0.3, 0.4) is 0 Å². The van der Waals surface area contributed by atoms with Gasteiger partial charge in [0.1, 0.15) is 11.8 Å². The first-order valence-electron chi connectivity index (χ1n) is 6.78. The van der Waals surface area contributed by atoms with Crippen LogP contribution < -0.4 is 15.4 Å². The fraction of sp³-hybridized carbons (Fsp3) is 0.467. The molecule has 0 saturated carbocycles. The molecule has 1 aromatic carbocycles. The maximum absolute atomic E-state index is 12.0. The van der Waals surface area contributed by atoms with Crippen molar-refractivity contribution in [1.82, 2.24) is 5.32 Å². The van der Waals surface area contributed by atoms with Crippen LogP contribution in [-0.2, 0) is 4.79 Å². The fourth-order valence-corrected chi connectivity index (χ4v) is 1.79. The predicted molar refractivity (Wildman–Crippen MR) is 80.6 cm³/mol. The summed E-state index contributed by atoms with van der Waals surface area (Å²) in [6.07, 6.45) is 0. The molecule has 21 heavy (non-hydrogen) atoms. The van der Waals surface area contributed by atoms with Crippen molar-refractivity contribution < 1.29 is 19.4 Å². The Balaban J connectivity index is 2.80. The zero-order chi connectivity index (χ0) is 16.0. The van der Waals surface area contributed by atoms with E-state index in [0.717, 1.165) is 0 Å². The lowest BCUT2D eigenvalue weighted by Gasteiger charge is -2.27. The van der Waals surface area contributed by atoms with E-state index in [1.54, 1.807) is 45.0 Å². The molecule has 0 heterocycles. The molecule has 1 atom stereocenters. The Morgan fingerprint density at radius 2 is 1.90 bits per heavy atom. The third-order valence-corrected chi connectivity index (χ3v) is 2.82. The summed E-state index contributed by atoms with van der Waals surface area (Å²) in [7, 11) is 0. The number of carboxylic acids is 1. The summed E-state index contributed by atoms with van der Waals surface area (Å²) >= 11 is 0. The summed E-state index contributed by atoms with van der Waals surface area (Å²) in [5.41, 5.74) is -0.0994. The number of amides is 2. The van der Waals surface area contributed by atoms with Crippen molar-refractivity contribution in [2.45, 2.75) is 33.7 Å². The smallest absolute Gasteiger partial charge is 0.326 e. The van der Waals surface area contributed by atoms with E-state index in [2.05, 4.69) is 10.6 Å². The minimum Gasteiger partial charge on any atom is -0.492 e. The highest BCUT2D eigenvalue weighted by Crippen LogP contribution is 2.24. The molecule has 3 N–H and O–H groups in total. The molecule has 1 rings (SSSR count). The van der Waals surface area contributed by atoms with Crippen molar-refractivity contribution in [3.05, 3.63) is 24.3 Å². The van der Waals surface area contributed by atoms with Crippen LogP contribution in [0.4, 0.5) is 10.5 Å². The van der Waals surface area contributed by atoms with Gasteiger partial charge in [-0.3, -0.25) is 0 Å². The van der Waals surface area contributed by atoms with Crippen LogP contribution in [0.5, 0.6) is 5.75 Å². The normalized spacial score (nSPS) is 12.4. The first-order chi connectivity index (χ1) is 9.75. The molecule has 0 unspecified atom stereocenters. The van der Waals surface area contributed by atoms with E-state index in [4.69, 9.17) is 4.74 Å². The Morgan fingerprint density at radius 1 is 1.29 bits per heavy atom. The van der Waals surface area contributed by atoms with Crippen LogP contribution in [0, 0.1) is 5.41 Å². The minimum atomic E-state index is -1.07. The Labute approximate surface area is 124 Å². The summed E-state index contributed by atoms with van der Waals surface area (Å²) in [5, 5.41) is 14.3. The van der Waals surface area contributed by atoms with E-state index in [-0.39, 0.29) is 0 Å². The lowest BCUT2D eigenvalue weighted by Crippen LogP contribution is -2.50. The Morgan fingerprint density at radius 3 is 2.43 bits per heavy atom. The van der Waals surface area contributed by atoms with Gasteiger partial charge in [-0.05, 0) is 24.5 Å². The van der Waals surface area contributed by atoms with Gasteiger partial charge in [0, 0.05) is 0 Å². The number of carboxylic acid groups (broad SMARTS) is 1. The number of para-hydroxylation sites is 2. The second-order valence-corrected chi connectivity index (χ2v) is 5.66. The van der Waals surface area contributed by atoms with Crippen LogP contribution in [0.25, 0.3) is 0 Å². The van der Waals surface area contributed by atoms with Crippen molar-refractivity contribution in [2.24, 2.45) is 5.41 Å². The number of urea groups is 1. The van der Waals surface area contributed by atoms with Crippen LogP contribution in [0.15, 0.2) is 24.3 Å². The Bertz CT molecular complexity index is 509. The molecule has 0 fully saturated rings. The van der Waals surface area contributed by atoms with E-state index < -0.39 is 23.5 Å². The minimum absolute atomic E-state index is 0.472. The topological polar surface area (TPSA) is 87.7 Å². The average molecular weight is 294 g/mol. The van der Waals surface area contributed by atoms with Gasteiger partial charge < -0.3 is 20.5 Å². The van der Waals surface area contributed by atoms with Gasteiger partial charge in [-0.25, -0.2) is 9.59 Å². The molecule has 0 aliphatic heterocycles. The van der Waals surface area contributed by atoms with Crippen LogP contribution >= 0.6 is 0 Å². The van der Waals surface area contributed by atoms with E-state index in [0.29, 0.717) is 18.0 Å². The highest BCUT2D eigenvalue weighted by atomic mass is 16.5. The number of ether oxygens (including phenoxy) is 1. The van der Waals surface area contributed by atoms with Crippen molar-refractivity contribution in [3.63, 3.8) is 0 Å². The zero-order valence-corrected chi connectivity index (χ0v) is 12.8. The van der Waals surface area contributed by atoms with Crippen molar-refractivity contribution >= 4 is 17.7 Å². The van der Waals surface area contributed by atoms with E-state index in [9.17, 15) is 14.7 Å². The maximum Gasteiger partial charge on any atom is 0.326 e. The highest BCUT2D eigenvalue weighted by molar-refractivity contribution is 5.93. The first-order valence-corrected chi connectivity index (χ1v) is 6.78. The number of nitrogens with one attached hydrogen (secondary N) is 2. The standard InChI is InChI=1S/C15H22N2O4/c1-5-21-11-9-7-6-8-10(11)16-14(20)17-12(13(18)19)15(2,3)4/h6-9,12H,5H2,1-4H3,(H,18,19)(H2,16,17,20)/t12-/m1/s1. The van der Waals surface area contributed by atoms with Crippen molar-refractivity contribution in [3.8, 4) is 5.75 Å². The number of rotatable bonds is 5. The largest absolute Gasteiger partial charge is 0.492 e. The van der Waals surface area contributed by atoms with E-state index >= 15 is 0 Å². The molecule has 6 nitrogen and oxygen atoms in total. The van der Waals surface area contributed by atoms with Gasteiger partial charge >= 0.3 is 12.0 Å². The van der Waals surface area contributed by atoms with Gasteiger partial charge in [0.25, 0.3) is 0 Å². The number of aliphatic carboxylic acids is 1. The van der Waals surface area contributed by atoms with Crippen molar-refractivity contribution in [1.29, 1.82) is 0 Å². The monoisotopic (exact) mass is 294 g/mol. The molecule has 2 amide bonds. The number of hydrogen-bond donors (Lipinski definition) is 3. The molecule has 1 aromatic rings. The molecular formula is C15H22N2O4. The molecule has 0 saturated heterocycles. The summed E-state index contributed by atoms with van der Waals surface area (Å²) in [6.45, 7) is 7.57. The van der Waals surface area contributed by atoms with E-state index in [1.165, 1.54) is 0 Å². The first kappa shape index (κ1) is 16.8. The molecule has 0 radical (unpaired) electrons. The summed E-state index contributed by atoms with van der Waals surface area (Å²) in [6, 6.07) is 5.41. The molecule has 116 valence electrons. The second-order valence-electron chi connectivity index (χ2n) is 5.66. The van der Waals surface area contributed by atoms with Crippen LogP contribution in [-0.4, -0.2) is 29.8 Å². The van der Waals surface area contributed by atoms with Gasteiger partial charge in [-0.1, -0.05) is 32.9 Å². The third-order valence-electron chi connectivity index (χ3n) is 2.82. The van der Waals surface area contributed by atoms with Gasteiger partial charge in [0.15, 0.2) is 0 Å². The molecule has 0 bridgehead atoms. The highest BCUT2D eigenvalue weighted by Gasteiger charge is 2.32. The quantitative estimate of drug-likeness (QED) is 0.779. The molecule has 0 spiro atoms. The van der Waals surface area contributed by atoms with Gasteiger partial charge in [-0.2, -0.15) is 0 Å². The van der Waals surface area contributed by atoms with Crippen molar-refractivity contribution in [2.75, 3.05) is 11.9 Å². The number of benzene rings is 1. The molecule has 6 heteroatoms. The van der Waals surface area contributed by atoms with Crippen LogP contribution in [0.2, 0.25) is 0 Å². The maximum atomic E-state index is 12.0. The lowest BCUT2D eigenvalue weighted by molar-refractivity contribution is -0.141. The number of hydrogen-bond acceptors (Lipinski definition) is 3. The van der Waals surface area contributed by atoms with Gasteiger partial charge in [-0.15, -0.1) is 0 Å². The van der Waals surface area contributed by atoms with Crippen LogP contribution in [0.1, 0.15) is 27.7 Å².